The number of hydrogen-bond acceptors (Lipinski definition) is 9. The third kappa shape index (κ3) is 6.13. The predicted molar refractivity (Wildman–Crippen MR) is 88.6 cm³/mol. The van der Waals surface area contributed by atoms with Gasteiger partial charge >= 0.3 is 18.0 Å². The Hall–Kier alpha value is -1.88. The summed E-state index contributed by atoms with van der Waals surface area (Å²) in [5.74, 6) is -2.47. The number of rotatable bonds is 5. The SMILES string of the molecule is COC(=O)C[C@@H]1[C@@H](C(=O)OC)N(C(=O)OC(C)(C)C)C[C@H]1OS(C)(=O)=O. The summed E-state index contributed by atoms with van der Waals surface area (Å²) < 4.78 is 42.7. The highest BCUT2D eigenvalue weighted by molar-refractivity contribution is 7.86. The lowest BCUT2D eigenvalue weighted by molar-refractivity contribution is -0.149. The molecule has 1 amide bonds. The molecule has 0 unspecified atom stereocenters. The molecule has 0 N–H and O–H groups in total. The second-order valence-corrected chi connectivity index (χ2v) is 8.48. The Morgan fingerprint density at radius 1 is 1.12 bits per heavy atom. The maximum absolute atomic E-state index is 12.5. The van der Waals surface area contributed by atoms with Crippen molar-refractivity contribution in [3.05, 3.63) is 0 Å². The van der Waals surface area contributed by atoms with E-state index in [1.807, 2.05) is 0 Å². The van der Waals surface area contributed by atoms with E-state index in [1.165, 1.54) is 0 Å². The number of hydrogen-bond donors (Lipinski definition) is 0. The van der Waals surface area contributed by atoms with Gasteiger partial charge in [0.1, 0.15) is 17.7 Å². The second kappa shape index (κ2) is 8.21. The van der Waals surface area contributed by atoms with Gasteiger partial charge in [0, 0.05) is 5.92 Å². The van der Waals surface area contributed by atoms with Crippen molar-refractivity contribution < 1.29 is 41.2 Å². The summed E-state index contributed by atoms with van der Waals surface area (Å²) >= 11 is 0. The first-order valence-electron chi connectivity index (χ1n) is 7.81. The van der Waals surface area contributed by atoms with Gasteiger partial charge in [0.25, 0.3) is 10.1 Å². The molecule has 26 heavy (non-hydrogen) atoms. The van der Waals surface area contributed by atoms with Crippen molar-refractivity contribution in [2.75, 3.05) is 27.0 Å². The first-order valence-corrected chi connectivity index (χ1v) is 9.63. The maximum atomic E-state index is 12.5. The van der Waals surface area contributed by atoms with Crippen LogP contribution in [0.3, 0.4) is 0 Å². The number of ether oxygens (including phenoxy) is 3. The van der Waals surface area contributed by atoms with Crippen molar-refractivity contribution in [1.29, 1.82) is 0 Å². The first kappa shape index (κ1) is 22.2. The van der Waals surface area contributed by atoms with Crippen LogP contribution in [-0.2, 0) is 38.1 Å². The molecule has 1 aliphatic heterocycles. The van der Waals surface area contributed by atoms with Crippen LogP contribution < -0.4 is 0 Å². The van der Waals surface area contributed by atoms with Gasteiger partial charge in [-0.3, -0.25) is 13.9 Å². The summed E-state index contributed by atoms with van der Waals surface area (Å²) in [6.07, 6.45) is -1.47. The number of nitrogens with zero attached hydrogens (tertiary/aromatic N) is 1. The number of likely N-dealkylation sites (tertiary alicyclic amines) is 1. The van der Waals surface area contributed by atoms with Crippen LogP contribution in [0.2, 0.25) is 0 Å². The summed E-state index contributed by atoms with van der Waals surface area (Å²) in [6, 6.07) is -1.25. The van der Waals surface area contributed by atoms with E-state index in [2.05, 4.69) is 4.74 Å². The fraction of sp³-hybridized carbons (Fsp3) is 0.800. The Morgan fingerprint density at radius 2 is 1.69 bits per heavy atom. The molecule has 3 atom stereocenters. The largest absolute Gasteiger partial charge is 0.469 e. The average Bonchev–Trinajstić information content (AvgIpc) is 2.81. The molecule has 0 radical (unpaired) electrons. The van der Waals surface area contributed by atoms with E-state index in [0.29, 0.717) is 0 Å². The van der Waals surface area contributed by atoms with Gasteiger partial charge in [-0.25, -0.2) is 9.59 Å². The molecule has 0 saturated carbocycles. The quantitative estimate of drug-likeness (QED) is 0.367. The Bertz CT molecular complexity index is 653. The van der Waals surface area contributed by atoms with Crippen LogP contribution in [0.15, 0.2) is 0 Å². The smallest absolute Gasteiger partial charge is 0.411 e. The minimum Gasteiger partial charge on any atom is -0.469 e. The number of methoxy groups -OCH3 is 2. The van der Waals surface area contributed by atoms with Crippen molar-refractivity contribution in [1.82, 2.24) is 4.90 Å². The number of esters is 2. The molecule has 10 nitrogen and oxygen atoms in total. The molecule has 1 heterocycles. The van der Waals surface area contributed by atoms with E-state index >= 15 is 0 Å². The lowest BCUT2D eigenvalue weighted by atomic mass is 9.94. The van der Waals surface area contributed by atoms with E-state index in [4.69, 9.17) is 13.7 Å². The number of carbonyl (C=O) groups is 3. The zero-order valence-corrected chi connectivity index (χ0v) is 16.5. The Labute approximate surface area is 152 Å². The van der Waals surface area contributed by atoms with Crippen LogP contribution in [0.5, 0.6) is 0 Å². The molecular weight excluding hydrogens is 370 g/mol. The van der Waals surface area contributed by atoms with Crippen LogP contribution in [0.4, 0.5) is 4.79 Å². The van der Waals surface area contributed by atoms with Gasteiger partial charge < -0.3 is 14.2 Å². The predicted octanol–water partition coefficient (Wildman–Crippen LogP) is 0.303. The van der Waals surface area contributed by atoms with Gasteiger partial charge in [-0.05, 0) is 20.8 Å². The Balaban J connectivity index is 3.25. The minimum atomic E-state index is -3.91. The van der Waals surface area contributed by atoms with Crippen LogP contribution in [0.1, 0.15) is 27.2 Å². The molecule has 1 rings (SSSR count). The van der Waals surface area contributed by atoms with Gasteiger partial charge in [-0.2, -0.15) is 8.42 Å². The van der Waals surface area contributed by atoms with Crippen molar-refractivity contribution in [3.8, 4) is 0 Å². The summed E-state index contributed by atoms with van der Waals surface area (Å²) in [6.45, 7) is 4.67. The second-order valence-electron chi connectivity index (χ2n) is 6.88. The molecule has 1 aliphatic rings. The molecule has 1 fully saturated rings. The van der Waals surface area contributed by atoms with Gasteiger partial charge in [0.15, 0.2) is 0 Å². The normalized spacial score (nSPS) is 23.5. The van der Waals surface area contributed by atoms with Gasteiger partial charge in [-0.15, -0.1) is 0 Å². The Morgan fingerprint density at radius 3 is 2.12 bits per heavy atom. The molecule has 0 aliphatic carbocycles. The third-order valence-corrected chi connectivity index (χ3v) is 4.19. The van der Waals surface area contributed by atoms with Gasteiger partial charge in [0.05, 0.1) is 33.4 Å². The zero-order valence-electron chi connectivity index (χ0n) is 15.7. The highest BCUT2D eigenvalue weighted by Gasteiger charge is 2.52. The van der Waals surface area contributed by atoms with E-state index in [0.717, 1.165) is 25.4 Å². The molecule has 0 spiro atoms. The maximum Gasteiger partial charge on any atom is 0.411 e. The number of amides is 1. The van der Waals surface area contributed by atoms with Gasteiger partial charge in [0.2, 0.25) is 0 Å². The van der Waals surface area contributed by atoms with E-state index in [9.17, 15) is 22.8 Å². The van der Waals surface area contributed by atoms with Crippen LogP contribution >= 0.6 is 0 Å². The number of carbonyl (C=O) groups excluding carboxylic acids is 3. The fourth-order valence-corrected chi connectivity index (χ4v) is 3.31. The summed E-state index contributed by atoms with van der Waals surface area (Å²) in [5, 5.41) is 0. The minimum absolute atomic E-state index is 0.261. The summed E-state index contributed by atoms with van der Waals surface area (Å²) in [4.78, 5) is 37.5. The third-order valence-electron chi connectivity index (χ3n) is 3.59. The average molecular weight is 395 g/mol. The topological polar surface area (TPSA) is 126 Å². The molecule has 150 valence electrons. The molecule has 1 saturated heterocycles. The first-order chi connectivity index (χ1) is 11.8. The molecule has 0 bridgehead atoms. The lowest BCUT2D eigenvalue weighted by Gasteiger charge is -2.28. The molecule has 0 aromatic carbocycles. The molecule has 0 aromatic rings. The van der Waals surface area contributed by atoms with Crippen LogP contribution in [0.25, 0.3) is 0 Å². The fourth-order valence-electron chi connectivity index (χ4n) is 2.65. The highest BCUT2D eigenvalue weighted by Crippen LogP contribution is 2.33. The highest BCUT2D eigenvalue weighted by atomic mass is 32.2. The van der Waals surface area contributed by atoms with Crippen molar-refractivity contribution >= 4 is 28.1 Å². The van der Waals surface area contributed by atoms with Gasteiger partial charge in [-0.1, -0.05) is 0 Å². The summed E-state index contributed by atoms with van der Waals surface area (Å²) in [5.41, 5.74) is -0.842. The van der Waals surface area contributed by atoms with Crippen molar-refractivity contribution in [2.45, 2.75) is 44.9 Å². The monoisotopic (exact) mass is 395 g/mol. The molecular formula is C15H25NO9S. The Kier molecular flexibility index (Phi) is 7.00. The molecule has 11 heteroatoms. The van der Waals surface area contributed by atoms with Crippen molar-refractivity contribution in [3.63, 3.8) is 0 Å². The standard InChI is InChI=1S/C15H25NO9S/c1-15(2,3)24-14(19)16-8-10(25-26(6,20)21)9(7-11(17)22-4)12(16)13(18)23-5/h9-10,12H,7-8H2,1-6H3/t9-,10+,12-/m0/s1. The van der Waals surface area contributed by atoms with Crippen LogP contribution in [0, 0.1) is 5.92 Å². The van der Waals surface area contributed by atoms with Crippen LogP contribution in [-0.4, -0.2) is 76.1 Å². The van der Waals surface area contributed by atoms with E-state index in [-0.39, 0.29) is 13.0 Å². The zero-order chi connectivity index (χ0) is 20.3. The van der Waals surface area contributed by atoms with Crippen molar-refractivity contribution in [2.24, 2.45) is 5.92 Å². The van der Waals surface area contributed by atoms with E-state index in [1.54, 1.807) is 20.8 Å². The summed E-state index contributed by atoms with van der Waals surface area (Å²) in [7, 11) is -1.63. The van der Waals surface area contributed by atoms with E-state index < -0.39 is 51.8 Å². The molecule has 0 aromatic heterocycles. The lowest BCUT2D eigenvalue weighted by Crippen LogP contribution is -2.46.